The summed E-state index contributed by atoms with van der Waals surface area (Å²) in [5, 5.41) is 2.37. The van der Waals surface area contributed by atoms with E-state index in [1.54, 1.807) is 0 Å². The molecule has 3 atom stereocenters. The molecule has 0 fully saturated rings. The number of hydrogen-bond acceptors (Lipinski definition) is 6. The smallest absolute Gasteiger partial charge is 0.325 e. The van der Waals surface area contributed by atoms with E-state index in [2.05, 4.69) is 10.1 Å². The van der Waals surface area contributed by atoms with E-state index in [0.717, 1.165) is 19.2 Å². The van der Waals surface area contributed by atoms with Gasteiger partial charge in [0, 0.05) is 13.2 Å². The van der Waals surface area contributed by atoms with Crippen molar-refractivity contribution in [1.29, 1.82) is 0 Å². The van der Waals surface area contributed by atoms with Crippen molar-refractivity contribution in [3.8, 4) is 0 Å². The van der Waals surface area contributed by atoms with E-state index in [-0.39, 0.29) is 12.0 Å². The predicted octanol–water partition coefficient (Wildman–Crippen LogP) is 0.0964. The maximum Gasteiger partial charge on any atom is 0.325 e. The lowest BCUT2D eigenvalue weighted by Gasteiger charge is -2.23. The zero-order chi connectivity index (χ0) is 19.1. The fourth-order valence-corrected chi connectivity index (χ4v) is 2.21. The second-order valence-electron chi connectivity index (χ2n) is 5.35. The maximum absolute atomic E-state index is 13.1. The minimum atomic E-state index is -1.35. The molecule has 0 aromatic heterocycles. The molecule has 0 spiro atoms. The summed E-state index contributed by atoms with van der Waals surface area (Å²) in [5.41, 5.74) is 5.71. The molecule has 0 heterocycles. The van der Waals surface area contributed by atoms with Crippen LogP contribution in [-0.4, -0.2) is 50.1 Å². The van der Waals surface area contributed by atoms with Crippen molar-refractivity contribution in [3.63, 3.8) is 0 Å². The summed E-state index contributed by atoms with van der Waals surface area (Å²) >= 11 is 0. The first-order chi connectivity index (χ1) is 11.7. The standard InChI is InChI=1S/C16H20F2N2O5/c1-8(14(22)15(24-2)13(19)16(23)25-3)20-12(21)6-9-4-10(17)7-11(18)5-9/h4-5,7-8,13,15H,6,19H2,1-3H3,(H,20,21)/t8-,13?,15?/m0/s1. The Labute approximate surface area is 143 Å². The van der Waals surface area contributed by atoms with Gasteiger partial charge in [-0.25, -0.2) is 8.78 Å². The lowest BCUT2D eigenvalue weighted by Crippen LogP contribution is -2.54. The fraction of sp³-hybridized carbons (Fsp3) is 0.438. The Morgan fingerprint density at radius 3 is 2.20 bits per heavy atom. The summed E-state index contributed by atoms with van der Waals surface area (Å²) in [7, 11) is 2.30. The summed E-state index contributed by atoms with van der Waals surface area (Å²) in [5.74, 6) is -3.73. The van der Waals surface area contributed by atoms with Crippen molar-refractivity contribution in [2.45, 2.75) is 31.5 Å². The van der Waals surface area contributed by atoms with Crippen LogP contribution in [0, 0.1) is 11.6 Å². The summed E-state index contributed by atoms with van der Waals surface area (Å²) in [6, 6.07) is 0.330. The highest BCUT2D eigenvalue weighted by Gasteiger charge is 2.34. The van der Waals surface area contributed by atoms with E-state index < -0.39 is 47.5 Å². The predicted molar refractivity (Wildman–Crippen MR) is 83.5 cm³/mol. The number of carbonyl (C=O) groups is 3. The van der Waals surface area contributed by atoms with Gasteiger partial charge >= 0.3 is 5.97 Å². The minimum Gasteiger partial charge on any atom is -0.468 e. The number of carbonyl (C=O) groups excluding carboxylic acids is 3. The largest absolute Gasteiger partial charge is 0.468 e. The first kappa shape index (κ1) is 20.7. The van der Waals surface area contributed by atoms with Crippen LogP contribution in [0.15, 0.2) is 18.2 Å². The molecule has 0 saturated carbocycles. The Hall–Kier alpha value is -2.39. The number of esters is 1. The van der Waals surface area contributed by atoms with Crippen LogP contribution in [0.25, 0.3) is 0 Å². The van der Waals surface area contributed by atoms with Crippen molar-refractivity contribution < 1.29 is 32.6 Å². The summed E-state index contributed by atoms with van der Waals surface area (Å²) in [4.78, 5) is 35.7. The summed E-state index contributed by atoms with van der Waals surface area (Å²) in [6.45, 7) is 1.38. The first-order valence-corrected chi connectivity index (χ1v) is 7.33. The van der Waals surface area contributed by atoms with Crippen LogP contribution in [-0.2, 0) is 30.3 Å². The minimum absolute atomic E-state index is 0.115. The molecule has 138 valence electrons. The number of rotatable bonds is 8. The van der Waals surface area contributed by atoms with Gasteiger partial charge in [0.1, 0.15) is 23.8 Å². The Morgan fingerprint density at radius 1 is 1.16 bits per heavy atom. The number of methoxy groups -OCH3 is 2. The highest BCUT2D eigenvalue weighted by Crippen LogP contribution is 2.09. The molecule has 1 rings (SSSR count). The van der Waals surface area contributed by atoms with Crippen LogP contribution in [0.1, 0.15) is 12.5 Å². The molecule has 0 aliphatic carbocycles. The van der Waals surface area contributed by atoms with Crippen LogP contribution in [0.5, 0.6) is 0 Å². The van der Waals surface area contributed by atoms with Crippen LogP contribution in [0.2, 0.25) is 0 Å². The molecule has 9 heteroatoms. The maximum atomic E-state index is 13.1. The average Bonchev–Trinajstić information content (AvgIpc) is 2.53. The van der Waals surface area contributed by atoms with E-state index in [1.165, 1.54) is 14.0 Å². The fourth-order valence-electron chi connectivity index (χ4n) is 2.21. The van der Waals surface area contributed by atoms with Gasteiger partial charge in [-0.05, 0) is 24.6 Å². The third-order valence-electron chi connectivity index (χ3n) is 3.43. The van der Waals surface area contributed by atoms with Gasteiger partial charge in [-0.15, -0.1) is 0 Å². The van der Waals surface area contributed by atoms with Crippen molar-refractivity contribution >= 4 is 17.7 Å². The third-order valence-corrected chi connectivity index (χ3v) is 3.43. The summed E-state index contributed by atoms with van der Waals surface area (Å²) < 4.78 is 35.6. The molecule has 3 N–H and O–H groups in total. The number of amides is 1. The number of nitrogens with one attached hydrogen (secondary N) is 1. The number of hydrogen-bond donors (Lipinski definition) is 2. The Bertz CT molecular complexity index is 633. The van der Waals surface area contributed by atoms with E-state index in [9.17, 15) is 23.2 Å². The van der Waals surface area contributed by atoms with Crippen LogP contribution >= 0.6 is 0 Å². The normalized spacial score (nSPS) is 14.3. The Balaban J connectivity index is 2.72. The van der Waals surface area contributed by atoms with E-state index in [4.69, 9.17) is 10.5 Å². The van der Waals surface area contributed by atoms with E-state index >= 15 is 0 Å². The molecular weight excluding hydrogens is 338 g/mol. The van der Waals surface area contributed by atoms with Gasteiger partial charge in [0.25, 0.3) is 0 Å². The molecule has 0 aliphatic heterocycles. The highest BCUT2D eigenvalue weighted by atomic mass is 19.1. The Morgan fingerprint density at radius 2 is 1.72 bits per heavy atom. The molecule has 0 radical (unpaired) electrons. The van der Waals surface area contributed by atoms with Crippen molar-refractivity contribution in [3.05, 3.63) is 35.4 Å². The topological polar surface area (TPSA) is 108 Å². The van der Waals surface area contributed by atoms with Crippen molar-refractivity contribution in [2.24, 2.45) is 5.73 Å². The molecule has 0 bridgehead atoms. The number of halogens is 2. The Kier molecular flexibility index (Phi) is 7.59. The third kappa shape index (κ3) is 5.87. The SMILES string of the molecule is COC(=O)C(N)C(OC)C(=O)[C@H](C)NC(=O)Cc1cc(F)cc(F)c1. The zero-order valence-corrected chi connectivity index (χ0v) is 14.0. The number of ketones is 1. The van der Waals surface area contributed by atoms with Gasteiger partial charge < -0.3 is 20.5 Å². The van der Waals surface area contributed by atoms with Crippen LogP contribution in [0.3, 0.4) is 0 Å². The molecular formula is C16H20F2N2O5. The zero-order valence-electron chi connectivity index (χ0n) is 14.0. The quantitative estimate of drug-likeness (QED) is 0.638. The number of ether oxygens (including phenoxy) is 2. The highest BCUT2D eigenvalue weighted by molar-refractivity contribution is 5.96. The average molecular weight is 358 g/mol. The molecule has 7 nitrogen and oxygen atoms in total. The first-order valence-electron chi connectivity index (χ1n) is 7.33. The second-order valence-corrected chi connectivity index (χ2v) is 5.35. The van der Waals surface area contributed by atoms with E-state index in [0.29, 0.717) is 6.07 Å². The molecule has 0 aliphatic rings. The van der Waals surface area contributed by atoms with Gasteiger partial charge in [-0.1, -0.05) is 0 Å². The number of Topliss-reactive ketones (excluding diaryl/α,β-unsaturated/α-hetero) is 1. The monoisotopic (exact) mass is 358 g/mol. The van der Waals surface area contributed by atoms with Gasteiger partial charge in [0.2, 0.25) is 5.91 Å². The van der Waals surface area contributed by atoms with Crippen molar-refractivity contribution in [1.82, 2.24) is 5.32 Å². The van der Waals surface area contributed by atoms with Gasteiger partial charge in [-0.3, -0.25) is 14.4 Å². The van der Waals surface area contributed by atoms with E-state index in [1.807, 2.05) is 0 Å². The molecule has 1 amide bonds. The van der Waals surface area contributed by atoms with Crippen molar-refractivity contribution in [2.75, 3.05) is 14.2 Å². The summed E-state index contributed by atoms with van der Waals surface area (Å²) in [6.07, 6.45) is -1.64. The van der Waals surface area contributed by atoms with Gasteiger partial charge in [0.15, 0.2) is 5.78 Å². The van der Waals surface area contributed by atoms with Gasteiger partial charge in [-0.2, -0.15) is 0 Å². The lowest BCUT2D eigenvalue weighted by molar-refractivity contribution is -0.150. The van der Waals surface area contributed by atoms with Crippen LogP contribution < -0.4 is 11.1 Å². The lowest BCUT2D eigenvalue weighted by atomic mass is 10.0. The second kappa shape index (κ2) is 9.19. The number of benzene rings is 1. The molecule has 2 unspecified atom stereocenters. The number of nitrogens with two attached hydrogens (primary N) is 1. The molecule has 25 heavy (non-hydrogen) atoms. The molecule has 0 saturated heterocycles. The van der Waals surface area contributed by atoms with Gasteiger partial charge in [0.05, 0.1) is 19.6 Å². The molecule has 1 aromatic carbocycles. The van der Waals surface area contributed by atoms with Crippen LogP contribution in [0.4, 0.5) is 8.78 Å². The molecule has 1 aromatic rings.